The molecule has 33 heavy (non-hydrogen) atoms. The Morgan fingerprint density at radius 3 is 2.61 bits per heavy atom. The van der Waals surface area contributed by atoms with Gasteiger partial charge in [0.25, 0.3) is 0 Å². The second-order valence-electron chi connectivity index (χ2n) is 8.22. The highest BCUT2D eigenvalue weighted by molar-refractivity contribution is 7.89. The average Bonchev–Trinajstić information content (AvgIpc) is 3.14. The number of hydrogen-bond acceptors (Lipinski definition) is 5. The number of fused-ring (bicyclic) bond motifs is 3. The summed E-state index contributed by atoms with van der Waals surface area (Å²) in [5.41, 5.74) is 4.51. The number of sulfonamides is 1. The van der Waals surface area contributed by atoms with Crippen LogP contribution in [0.2, 0.25) is 0 Å². The van der Waals surface area contributed by atoms with Crippen molar-refractivity contribution in [1.82, 2.24) is 5.32 Å². The molecule has 0 saturated carbocycles. The normalized spacial score (nSPS) is 14.2. The van der Waals surface area contributed by atoms with E-state index in [4.69, 9.17) is 14.3 Å². The lowest BCUT2D eigenvalue weighted by Crippen LogP contribution is -2.20. The fourth-order valence-corrected chi connectivity index (χ4v) is 4.70. The summed E-state index contributed by atoms with van der Waals surface area (Å²) in [5, 5.41) is 9.04. The number of amides is 1. The van der Waals surface area contributed by atoms with Crippen molar-refractivity contribution in [3.05, 3.63) is 64.9 Å². The van der Waals surface area contributed by atoms with Gasteiger partial charge < -0.3 is 14.5 Å². The molecule has 174 valence electrons. The number of ether oxygens (including phenoxy) is 1. The molecule has 3 aromatic rings. The third-order valence-electron chi connectivity index (χ3n) is 5.85. The first kappa shape index (κ1) is 23.1. The third-order valence-corrected chi connectivity index (χ3v) is 6.78. The van der Waals surface area contributed by atoms with E-state index in [0.717, 1.165) is 59.1 Å². The predicted octanol–water partition coefficient (Wildman–Crippen LogP) is 4.08. The standard InChI is InChI=1S/C25H28N2O5S/c1-3-31-23-14-24-21(19-6-4-5-7-22(19)32-24)13-20(23)16(2)12-25(28)27-15-17-8-10-18(11-9-17)33(26,29)30/h8-14H,3-7,15H2,1-2H3,(H,27,28)(H2,26,29,30)/b16-12+. The Balaban J connectivity index is 1.55. The van der Waals surface area contributed by atoms with Gasteiger partial charge in [-0.1, -0.05) is 12.1 Å². The monoisotopic (exact) mass is 468 g/mol. The molecule has 1 aromatic heterocycles. The fraction of sp³-hybridized carbons (Fsp3) is 0.320. The van der Waals surface area contributed by atoms with Crippen molar-refractivity contribution >= 4 is 32.5 Å². The molecule has 1 amide bonds. The van der Waals surface area contributed by atoms with Crippen LogP contribution in [0.3, 0.4) is 0 Å². The molecule has 0 radical (unpaired) electrons. The number of furan rings is 1. The molecule has 0 fully saturated rings. The second kappa shape index (κ2) is 9.41. The maximum absolute atomic E-state index is 12.6. The van der Waals surface area contributed by atoms with Crippen molar-refractivity contribution < 1.29 is 22.4 Å². The quantitative estimate of drug-likeness (QED) is 0.508. The number of primary sulfonamides is 1. The Kier molecular flexibility index (Phi) is 6.58. The van der Waals surface area contributed by atoms with Crippen LogP contribution in [-0.2, 0) is 34.2 Å². The molecular formula is C25H28N2O5S. The highest BCUT2D eigenvalue weighted by atomic mass is 32.2. The zero-order valence-corrected chi connectivity index (χ0v) is 19.6. The molecule has 1 heterocycles. The van der Waals surface area contributed by atoms with E-state index in [1.807, 2.05) is 19.9 Å². The molecule has 0 saturated heterocycles. The topological polar surface area (TPSA) is 112 Å². The van der Waals surface area contributed by atoms with Crippen LogP contribution in [0, 0.1) is 0 Å². The second-order valence-corrected chi connectivity index (χ2v) is 9.78. The van der Waals surface area contributed by atoms with Gasteiger partial charge in [0, 0.05) is 41.6 Å². The molecule has 0 bridgehead atoms. The van der Waals surface area contributed by atoms with Crippen LogP contribution in [-0.4, -0.2) is 20.9 Å². The number of carbonyl (C=O) groups excluding carboxylic acids is 1. The van der Waals surface area contributed by atoms with E-state index >= 15 is 0 Å². The Bertz CT molecular complexity index is 1320. The van der Waals surface area contributed by atoms with Gasteiger partial charge in [-0.3, -0.25) is 4.79 Å². The third kappa shape index (κ3) is 5.12. The maximum Gasteiger partial charge on any atom is 0.244 e. The molecule has 1 aliphatic rings. The summed E-state index contributed by atoms with van der Waals surface area (Å²) in [7, 11) is -3.74. The molecule has 0 unspecified atom stereocenters. The van der Waals surface area contributed by atoms with Gasteiger partial charge >= 0.3 is 0 Å². The van der Waals surface area contributed by atoms with Crippen molar-refractivity contribution in [1.29, 1.82) is 0 Å². The maximum atomic E-state index is 12.6. The largest absolute Gasteiger partial charge is 0.493 e. The van der Waals surface area contributed by atoms with Gasteiger partial charge in [0.1, 0.15) is 17.1 Å². The van der Waals surface area contributed by atoms with Gasteiger partial charge in [0.15, 0.2) is 0 Å². The number of nitrogens with two attached hydrogens (primary N) is 1. The van der Waals surface area contributed by atoms with E-state index in [0.29, 0.717) is 12.4 Å². The minimum atomic E-state index is -3.74. The van der Waals surface area contributed by atoms with Crippen LogP contribution in [0.15, 0.2) is 51.8 Å². The minimum Gasteiger partial charge on any atom is -0.493 e. The predicted molar refractivity (Wildman–Crippen MR) is 127 cm³/mol. The SMILES string of the molecule is CCOc1cc2oc3c(c2cc1/C(C)=C/C(=O)NCc1ccc(S(N)(=O)=O)cc1)CCCC3. The van der Waals surface area contributed by atoms with Crippen molar-refractivity contribution in [2.75, 3.05) is 6.61 Å². The summed E-state index contributed by atoms with van der Waals surface area (Å²) >= 11 is 0. The number of nitrogens with one attached hydrogen (secondary N) is 1. The first-order valence-electron chi connectivity index (χ1n) is 11.1. The molecule has 0 spiro atoms. The van der Waals surface area contributed by atoms with Crippen LogP contribution in [0.5, 0.6) is 5.75 Å². The molecule has 3 N–H and O–H groups in total. The smallest absolute Gasteiger partial charge is 0.244 e. The molecule has 7 nitrogen and oxygen atoms in total. The van der Waals surface area contributed by atoms with E-state index in [2.05, 4.69) is 11.4 Å². The van der Waals surface area contributed by atoms with E-state index < -0.39 is 10.0 Å². The summed E-state index contributed by atoms with van der Waals surface area (Å²) in [4.78, 5) is 12.6. The Morgan fingerprint density at radius 2 is 1.91 bits per heavy atom. The molecule has 1 aliphatic carbocycles. The van der Waals surface area contributed by atoms with Gasteiger partial charge in [-0.05, 0) is 62.4 Å². The lowest BCUT2D eigenvalue weighted by atomic mass is 9.94. The van der Waals surface area contributed by atoms with Crippen LogP contribution < -0.4 is 15.2 Å². The van der Waals surface area contributed by atoms with Gasteiger partial charge in [-0.2, -0.15) is 0 Å². The van der Waals surface area contributed by atoms with E-state index in [1.165, 1.54) is 17.7 Å². The average molecular weight is 469 g/mol. The Hall–Kier alpha value is -3.10. The lowest BCUT2D eigenvalue weighted by Gasteiger charge is -2.12. The number of benzene rings is 2. The van der Waals surface area contributed by atoms with Gasteiger partial charge in [-0.15, -0.1) is 0 Å². The van der Waals surface area contributed by atoms with Crippen molar-refractivity contribution in [3.8, 4) is 5.75 Å². The zero-order valence-electron chi connectivity index (χ0n) is 18.8. The summed E-state index contributed by atoms with van der Waals surface area (Å²) in [6.45, 7) is 4.58. The fourth-order valence-electron chi connectivity index (χ4n) is 4.18. The molecule has 4 rings (SSSR count). The van der Waals surface area contributed by atoms with E-state index in [9.17, 15) is 13.2 Å². The Labute approximate surface area is 193 Å². The highest BCUT2D eigenvalue weighted by Crippen LogP contribution is 2.38. The van der Waals surface area contributed by atoms with Gasteiger partial charge in [-0.25, -0.2) is 13.6 Å². The lowest BCUT2D eigenvalue weighted by molar-refractivity contribution is -0.116. The number of aryl methyl sites for hydroxylation is 2. The van der Waals surface area contributed by atoms with Crippen LogP contribution in [0.4, 0.5) is 0 Å². The van der Waals surface area contributed by atoms with Crippen LogP contribution in [0.1, 0.15) is 49.1 Å². The van der Waals surface area contributed by atoms with Gasteiger partial charge in [0.05, 0.1) is 11.5 Å². The zero-order chi connectivity index (χ0) is 23.6. The molecule has 0 aliphatic heterocycles. The van der Waals surface area contributed by atoms with Crippen molar-refractivity contribution in [2.45, 2.75) is 51.0 Å². The minimum absolute atomic E-state index is 0.0357. The first-order chi connectivity index (χ1) is 15.8. The van der Waals surface area contributed by atoms with E-state index in [-0.39, 0.29) is 17.3 Å². The molecular weight excluding hydrogens is 440 g/mol. The molecule has 0 atom stereocenters. The van der Waals surface area contributed by atoms with E-state index in [1.54, 1.807) is 18.2 Å². The first-order valence-corrected chi connectivity index (χ1v) is 12.6. The summed E-state index contributed by atoms with van der Waals surface area (Å²) < 4.78 is 34.7. The number of allylic oxidation sites excluding steroid dienone is 1. The van der Waals surface area contributed by atoms with Gasteiger partial charge in [0.2, 0.25) is 15.9 Å². The number of hydrogen-bond donors (Lipinski definition) is 2. The summed E-state index contributed by atoms with van der Waals surface area (Å²) in [6, 6.07) is 10.1. The highest BCUT2D eigenvalue weighted by Gasteiger charge is 2.20. The Morgan fingerprint density at radius 1 is 1.18 bits per heavy atom. The summed E-state index contributed by atoms with van der Waals surface area (Å²) in [5.74, 6) is 1.50. The van der Waals surface area contributed by atoms with Crippen molar-refractivity contribution in [2.24, 2.45) is 5.14 Å². The molecule has 2 aromatic carbocycles. The number of rotatable bonds is 7. The van der Waals surface area contributed by atoms with Crippen LogP contribution >= 0.6 is 0 Å². The van der Waals surface area contributed by atoms with Crippen LogP contribution in [0.25, 0.3) is 16.5 Å². The summed E-state index contributed by atoms with van der Waals surface area (Å²) in [6.07, 6.45) is 5.80. The number of carbonyl (C=O) groups is 1. The van der Waals surface area contributed by atoms with Crippen molar-refractivity contribution in [3.63, 3.8) is 0 Å². The molecule has 8 heteroatoms.